The molecule has 6 heteroatoms. The third kappa shape index (κ3) is 2.68. The van der Waals surface area contributed by atoms with Gasteiger partial charge in [-0.2, -0.15) is 5.10 Å². The number of aryl methyl sites for hydroxylation is 1. The molecule has 0 unspecified atom stereocenters. The lowest BCUT2D eigenvalue weighted by molar-refractivity contribution is 0.0781. The zero-order chi connectivity index (χ0) is 13.1. The van der Waals surface area contributed by atoms with E-state index in [0.29, 0.717) is 23.0 Å². The largest absolute Gasteiger partial charge is 0.334 e. The van der Waals surface area contributed by atoms with Gasteiger partial charge in [0.25, 0.3) is 5.91 Å². The van der Waals surface area contributed by atoms with Crippen LogP contribution in [0.2, 0.25) is 5.02 Å². The van der Waals surface area contributed by atoms with E-state index in [9.17, 15) is 4.79 Å². The Hall–Kier alpha value is -1.88. The number of carbonyl (C=O) groups excluding carboxylic acids is 1. The Morgan fingerprint density at radius 3 is 2.89 bits per heavy atom. The topological polar surface area (TPSA) is 61.9 Å². The van der Waals surface area contributed by atoms with Gasteiger partial charge in [0.15, 0.2) is 0 Å². The van der Waals surface area contributed by atoms with Crippen LogP contribution < -0.4 is 0 Å². The number of hydrogen-bond donors (Lipinski definition) is 1. The minimum Gasteiger partial charge on any atom is -0.334 e. The molecule has 0 fully saturated rings. The van der Waals surface area contributed by atoms with Gasteiger partial charge in [0.1, 0.15) is 12.2 Å². The van der Waals surface area contributed by atoms with Crippen LogP contribution in [0.3, 0.4) is 0 Å². The van der Waals surface area contributed by atoms with Crippen molar-refractivity contribution in [2.75, 3.05) is 7.05 Å². The van der Waals surface area contributed by atoms with Gasteiger partial charge in [0.2, 0.25) is 0 Å². The number of benzene rings is 1. The van der Waals surface area contributed by atoms with E-state index in [2.05, 4.69) is 15.2 Å². The van der Waals surface area contributed by atoms with Crippen molar-refractivity contribution in [1.82, 2.24) is 20.1 Å². The van der Waals surface area contributed by atoms with Crippen molar-refractivity contribution in [2.45, 2.75) is 13.5 Å². The Bertz CT molecular complexity index is 553. The first kappa shape index (κ1) is 12.6. The number of aromatic nitrogens is 3. The number of nitrogens with one attached hydrogen (secondary N) is 1. The first-order valence-electron chi connectivity index (χ1n) is 5.44. The Balaban J connectivity index is 2.12. The van der Waals surface area contributed by atoms with E-state index in [-0.39, 0.29) is 5.91 Å². The van der Waals surface area contributed by atoms with Gasteiger partial charge in [-0.3, -0.25) is 9.89 Å². The molecule has 0 saturated carbocycles. The summed E-state index contributed by atoms with van der Waals surface area (Å²) in [5.41, 5.74) is 1.51. The molecule has 94 valence electrons. The summed E-state index contributed by atoms with van der Waals surface area (Å²) in [6, 6.07) is 5.27. The smallest absolute Gasteiger partial charge is 0.254 e. The van der Waals surface area contributed by atoms with Crippen LogP contribution in [0.5, 0.6) is 0 Å². The molecule has 1 N–H and O–H groups in total. The lowest BCUT2D eigenvalue weighted by Gasteiger charge is -2.15. The molecule has 0 aliphatic heterocycles. The summed E-state index contributed by atoms with van der Waals surface area (Å²) >= 11 is 6.01. The summed E-state index contributed by atoms with van der Waals surface area (Å²) in [5, 5.41) is 7.04. The molecule has 0 aliphatic rings. The van der Waals surface area contributed by atoms with Crippen molar-refractivity contribution in [2.24, 2.45) is 0 Å². The minimum absolute atomic E-state index is 0.103. The first-order valence-corrected chi connectivity index (χ1v) is 5.81. The second-order valence-electron chi connectivity index (χ2n) is 4.06. The normalized spacial score (nSPS) is 10.4. The van der Waals surface area contributed by atoms with Gasteiger partial charge in [0, 0.05) is 17.6 Å². The van der Waals surface area contributed by atoms with E-state index in [1.807, 2.05) is 13.0 Å². The second kappa shape index (κ2) is 5.18. The zero-order valence-electron chi connectivity index (χ0n) is 10.1. The number of aromatic amines is 1. The van der Waals surface area contributed by atoms with Gasteiger partial charge in [-0.15, -0.1) is 0 Å². The molecular formula is C12H13ClN4O. The van der Waals surface area contributed by atoms with Crippen LogP contribution in [0.15, 0.2) is 24.5 Å². The Kier molecular flexibility index (Phi) is 3.62. The number of rotatable bonds is 3. The van der Waals surface area contributed by atoms with Gasteiger partial charge in [-0.05, 0) is 24.6 Å². The highest BCUT2D eigenvalue weighted by Gasteiger charge is 2.13. The van der Waals surface area contributed by atoms with Crippen molar-refractivity contribution in [3.8, 4) is 0 Å². The van der Waals surface area contributed by atoms with E-state index in [1.165, 1.54) is 6.33 Å². The van der Waals surface area contributed by atoms with Crippen molar-refractivity contribution in [3.05, 3.63) is 46.5 Å². The fourth-order valence-electron chi connectivity index (χ4n) is 1.55. The number of nitrogens with zero attached hydrogens (tertiary/aromatic N) is 3. The van der Waals surface area contributed by atoms with Gasteiger partial charge in [-0.25, -0.2) is 4.98 Å². The van der Waals surface area contributed by atoms with Crippen LogP contribution in [-0.4, -0.2) is 33.0 Å². The molecule has 1 amide bonds. The minimum atomic E-state index is -0.103. The summed E-state index contributed by atoms with van der Waals surface area (Å²) in [6.45, 7) is 2.28. The van der Waals surface area contributed by atoms with E-state index in [1.54, 1.807) is 24.1 Å². The van der Waals surface area contributed by atoms with Crippen LogP contribution in [0.25, 0.3) is 0 Å². The first-order chi connectivity index (χ1) is 8.58. The van der Waals surface area contributed by atoms with Crippen LogP contribution in [0, 0.1) is 6.92 Å². The summed E-state index contributed by atoms with van der Waals surface area (Å²) in [4.78, 5) is 17.7. The summed E-state index contributed by atoms with van der Waals surface area (Å²) in [5.74, 6) is 0.539. The summed E-state index contributed by atoms with van der Waals surface area (Å²) < 4.78 is 0. The highest BCUT2D eigenvalue weighted by atomic mass is 35.5. The summed E-state index contributed by atoms with van der Waals surface area (Å²) in [7, 11) is 1.71. The highest BCUT2D eigenvalue weighted by Crippen LogP contribution is 2.17. The van der Waals surface area contributed by atoms with Crippen molar-refractivity contribution in [3.63, 3.8) is 0 Å². The number of amides is 1. The van der Waals surface area contributed by atoms with Gasteiger partial charge in [0.05, 0.1) is 6.54 Å². The molecule has 0 saturated heterocycles. The molecule has 0 atom stereocenters. The fourth-order valence-corrected chi connectivity index (χ4v) is 1.73. The van der Waals surface area contributed by atoms with Crippen LogP contribution in [0.1, 0.15) is 21.7 Å². The predicted molar refractivity (Wildman–Crippen MR) is 68.4 cm³/mol. The quantitative estimate of drug-likeness (QED) is 0.923. The van der Waals surface area contributed by atoms with E-state index < -0.39 is 0 Å². The van der Waals surface area contributed by atoms with Gasteiger partial charge in [-0.1, -0.05) is 17.7 Å². The SMILES string of the molecule is Cc1ccc(C(=O)N(C)Cc2ncn[nH]2)cc1Cl. The van der Waals surface area contributed by atoms with E-state index in [4.69, 9.17) is 11.6 Å². The molecule has 0 aliphatic carbocycles. The molecule has 0 bridgehead atoms. The maximum absolute atomic E-state index is 12.1. The Labute approximate surface area is 110 Å². The van der Waals surface area contributed by atoms with Crippen LogP contribution in [-0.2, 0) is 6.54 Å². The Morgan fingerprint density at radius 2 is 2.28 bits per heavy atom. The molecule has 2 rings (SSSR count). The maximum Gasteiger partial charge on any atom is 0.254 e. The van der Waals surface area contributed by atoms with Gasteiger partial charge < -0.3 is 4.90 Å². The maximum atomic E-state index is 12.1. The molecule has 1 aromatic carbocycles. The number of halogens is 1. The van der Waals surface area contributed by atoms with Crippen LogP contribution in [0.4, 0.5) is 0 Å². The number of carbonyl (C=O) groups is 1. The fraction of sp³-hybridized carbons (Fsp3) is 0.250. The second-order valence-corrected chi connectivity index (χ2v) is 4.46. The zero-order valence-corrected chi connectivity index (χ0v) is 10.9. The molecule has 2 aromatic rings. The lowest BCUT2D eigenvalue weighted by atomic mass is 10.1. The molecule has 0 spiro atoms. The Morgan fingerprint density at radius 1 is 1.50 bits per heavy atom. The number of H-pyrrole nitrogens is 1. The predicted octanol–water partition coefficient (Wildman–Crippen LogP) is 2.04. The van der Waals surface area contributed by atoms with Crippen molar-refractivity contribution in [1.29, 1.82) is 0 Å². The van der Waals surface area contributed by atoms with E-state index >= 15 is 0 Å². The van der Waals surface area contributed by atoms with Gasteiger partial charge >= 0.3 is 0 Å². The lowest BCUT2D eigenvalue weighted by Crippen LogP contribution is -2.26. The third-order valence-corrected chi connectivity index (χ3v) is 3.02. The molecule has 0 radical (unpaired) electrons. The standard InChI is InChI=1S/C12H13ClN4O/c1-8-3-4-9(5-10(8)13)12(18)17(2)6-11-14-7-15-16-11/h3-5,7H,6H2,1-2H3,(H,14,15,16). The highest BCUT2D eigenvalue weighted by molar-refractivity contribution is 6.31. The molecule has 1 aromatic heterocycles. The number of hydrogen-bond acceptors (Lipinski definition) is 3. The third-order valence-electron chi connectivity index (χ3n) is 2.62. The molecule has 1 heterocycles. The molecule has 18 heavy (non-hydrogen) atoms. The molecular weight excluding hydrogens is 252 g/mol. The summed E-state index contributed by atoms with van der Waals surface area (Å²) in [6.07, 6.45) is 1.41. The van der Waals surface area contributed by atoms with Crippen LogP contribution >= 0.6 is 11.6 Å². The average Bonchev–Trinajstić information content (AvgIpc) is 2.84. The average molecular weight is 265 g/mol. The van der Waals surface area contributed by atoms with Crippen molar-refractivity contribution < 1.29 is 4.79 Å². The van der Waals surface area contributed by atoms with Crippen molar-refractivity contribution >= 4 is 17.5 Å². The monoisotopic (exact) mass is 264 g/mol. The van der Waals surface area contributed by atoms with E-state index in [0.717, 1.165) is 5.56 Å². The molecule has 5 nitrogen and oxygen atoms in total.